The molecule has 2 aliphatic rings. The molecule has 0 radical (unpaired) electrons. The Bertz CT molecular complexity index is 1120. The van der Waals surface area contributed by atoms with Crippen molar-refractivity contribution in [2.24, 2.45) is 0 Å². The maximum Gasteiger partial charge on any atom is 0.321 e. The minimum atomic E-state index is -0.886. The van der Waals surface area contributed by atoms with E-state index in [1.807, 2.05) is 11.8 Å². The van der Waals surface area contributed by atoms with Crippen molar-refractivity contribution in [1.29, 1.82) is 0 Å². The summed E-state index contributed by atoms with van der Waals surface area (Å²) in [6.07, 6.45) is 0.00610. The molecule has 0 saturated carbocycles. The summed E-state index contributed by atoms with van der Waals surface area (Å²) < 4.78 is 25.2. The highest BCUT2D eigenvalue weighted by Gasteiger charge is 2.36. The van der Waals surface area contributed by atoms with E-state index in [2.05, 4.69) is 11.8 Å². The summed E-state index contributed by atoms with van der Waals surface area (Å²) in [6.45, 7) is 6.32. The first-order valence-corrected chi connectivity index (χ1v) is 12.8. The molecule has 2 heterocycles. The molecule has 0 aliphatic carbocycles. The maximum atomic E-state index is 13.2. The fraction of sp³-hybridized carbons (Fsp3) is 0.481. The first kappa shape index (κ1) is 27.2. The van der Waals surface area contributed by atoms with Gasteiger partial charge < -0.3 is 19.5 Å². The van der Waals surface area contributed by atoms with Gasteiger partial charge in [-0.2, -0.15) is 0 Å². The lowest BCUT2D eigenvalue weighted by Crippen LogP contribution is -2.58. The van der Waals surface area contributed by atoms with E-state index in [-0.39, 0.29) is 36.5 Å². The van der Waals surface area contributed by atoms with E-state index in [1.165, 1.54) is 12.1 Å². The monoisotopic (exact) mass is 533 g/mol. The third-order valence-electron chi connectivity index (χ3n) is 7.08. The number of amides is 1. The predicted molar refractivity (Wildman–Crippen MR) is 137 cm³/mol. The number of likely N-dealkylation sites (tertiary alicyclic amines) is 1. The van der Waals surface area contributed by atoms with Crippen LogP contribution in [0.5, 0.6) is 11.5 Å². The predicted octanol–water partition coefficient (Wildman–Crippen LogP) is 3.52. The Kier molecular flexibility index (Phi) is 8.56. The van der Waals surface area contributed by atoms with Gasteiger partial charge in [0, 0.05) is 55.8 Å². The highest BCUT2D eigenvalue weighted by atomic mass is 35.5. The molecule has 4 rings (SSSR count). The number of nitrogens with zero attached hydrogens (tertiary/aromatic N) is 3. The molecule has 2 aliphatic heterocycles. The number of carboxylic acid groups (broad SMARTS) is 1. The number of likely N-dealkylation sites (N-methyl/N-ethyl adjacent to an activating group) is 1. The largest absolute Gasteiger partial charge is 0.485 e. The minimum Gasteiger partial charge on any atom is -0.485 e. The second-order valence-corrected chi connectivity index (χ2v) is 10.4. The lowest BCUT2D eigenvalue weighted by Gasteiger charge is -2.44. The number of aliphatic carboxylic acids is 1. The number of halogens is 2. The Morgan fingerprint density at radius 2 is 1.78 bits per heavy atom. The summed E-state index contributed by atoms with van der Waals surface area (Å²) >= 11 is 6.17. The number of hydrogen-bond acceptors (Lipinski definition) is 6. The summed E-state index contributed by atoms with van der Waals surface area (Å²) in [6, 6.07) is 10.9. The van der Waals surface area contributed by atoms with Gasteiger partial charge in [-0.25, -0.2) is 4.39 Å². The summed E-state index contributed by atoms with van der Waals surface area (Å²) in [7, 11) is 1.75. The van der Waals surface area contributed by atoms with Crippen LogP contribution in [-0.2, 0) is 16.1 Å². The molecule has 2 saturated heterocycles. The van der Waals surface area contributed by atoms with Gasteiger partial charge in [0.25, 0.3) is 5.91 Å². The van der Waals surface area contributed by atoms with Crippen LogP contribution in [0.15, 0.2) is 42.5 Å². The van der Waals surface area contributed by atoms with Crippen LogP contribution in [0, 0.1) is 5.82 Å². The topological polar surface area (TPSA) is 82.5 Å². The zero-order valence-electron chi connectivity index (χ0n) is 21.3. The highest BCUT2D eigenvalue weighted by Crippen LogP contribution is 2.33. The number of ether oxygens (including phenoxy) is 2. The zero-order chi connectivity index (χ0) is 26.7. The third-order valence-corrected chi connectivity index (χ3v) is 7.31. The van der Waals surface area contributed by atoms with Gasteiger partial charge in [0.2, 0.25) is 0 Å². The van der Waals surface area contributed by atoms with Crippen molar-refractivity contribution in [3.05, 3.63) is 58.9 Å². The molecule has 8 nitrogen and oxygen atoms in total. The summed E-state index contributed by atoms with van der Waals surface area (Å²) in [5.41, 5.74) is 1.03. The standard InChI is InChI=1S/C27H33ClFN3O5/c1-17-13-32(18(2)12-31(17)14-19-4-7-21(29)8-5-19)26(33)16-36-24-9-6-20(28)10-25(24)37-22-11-23(27(34)35)30(3)15-22/h4-10,17-18,22-23H,11-16H2,1-3H3,(H,34,35). The average Bonchev–Trinajstić information content (AvgIpc) is 3.22. The fourth-order valence-electron chi connectivity index (χ4n) is 5.01. The van der Waals surface area contributed by atoms with E-state index in [0.29, 0.717) is 49.1 Å². The first-order valence-electron chi connectivity index (χ1n) is 12.4. The van der Waals surface area contributed by atoms with Crippen molar-refractivity contribution < 1.29 is 28.6 Å². The number of benzene rings is 2. The minimum absolute atomic E-state index is 0.0179. The molecular weight excluding hydrogens is 501 g/mol. The van der Waals surface area contributed by atoms with Crippen LogP contribution in [0.25, 0.3) is 0 Å². The number of carbonyl (C=O) groups is 2. The van der Waals surface area contributed by atoms with Crippen LogP contribution in [-0.4, -0.2) is 89.2 Å². The fourth-order valence-corrected chi connectivity index (χ4v) is 5.17. The van der Waals surface area contributed by atoms with Crippen LogP contribution >= 0.6 is 11.6 Å². The molecule has 0 aromatic heterocycles. The van der Waals surface area contributed by atoms with E-state index in [1.54, 1.807) is 42.3 Å². The number of carboxylic acids is 1. The SMILES string of the molecule is CC1CN(C(=O)COc2ccc(Cl)cc2OC2CC(C(=O)O)N(C)C2)C(C)CN1Cc1ccc(F)cc1. The Morgan fingerprint density at radius 1 is 1.05 bits per heavy atom. The van der Waals surface area contributed by atoms with Crippen molar-refractivity contribution in [3.8, 4) is 11.5 Å². The quantitative estimate of drug-likeness (QED) is 0.556. The lowest BCUT2D eigenvalue weighted by molar-refractivity contribution is -0.142. The zero-order valence-corrected chi connectivity index (χ0v) is 22.0. The van der Waals surface area contributed by atoms with Crippen LogP contribution in [0.3, 0.4) is 0 Å². The average molecular weight is 534 g/mol. The third kappa shape index (κ3) is 6.71. The Labute approximate surface area is 221 Å². The van der Waals surface area contributed by atoms with Gasteiger partial charge in [-0.15, -0.1) is 0 Å². The van der Waals surface area contributed by atoms with Crippen molar-refractivity contribution >= 4 is 23.5 Å². The number of hydrogen-bond donors (Lipinski definition) is 1. The van der Waals surface area contributed by atoms with Crippen LogP contribution in [0.4, 0.5) is 4.39 Å². The van der Waals surface area contributed by atoms with Crippen molar-refractivity contribution in [2.75, 3.05) is 33.3 Å². The van der Waals surface area contributed by atoms with Gasteiger partial charge in [0.05, 0.1) is 0 Å². The van der Waals surface area contributed by atoms with Gasteiger partial charge in [0.15, 0.2) is 18.1 Å². The molecule has 4 atom stereocenters. The molecular formula is C27H33ClFN3O5. The summed E-state index contributed by atoms with van der Waals surface area (Å²) in [5, 5.41) is 9.83. The van der Waals surface area contributed by atoms with Gasteiger partial charge in [-0.3, -0.25) is 19.4 Å². The molecule has 1 N–H and O–H groups in total. The van der Waals surface area contributed by atoms with Crippen LogP contribution in [0.2, 0.25) is 5.02 Å². The van der Waals surface area contributed by atoms with Crippen molar-refractivity contribution in [2.45, 2.75) is 51.0 Å². The van der Waals surface area contributed by atoms with Crippen LogP contribution < -0.4 is 9.47 Å². The first-order chi connectivity index (χ1) is 17.6. The second-order valence-electron chi connectivity index (χ2n) is 9.95. The van der Waals surface area contributed by atoms with Crippen molar-refractivity contribution in [3.63, 3.8) is 0 Å². The Hall–Kier alpha value is -2.88. The summed E-state index contributed by atoms with van der Waals surface area (Å²) in [4.78, 5) is 30.4. The lowest BCUT2D eigenvalue weighted by atomic mass is 10.1. The highest BCUT2D eigenvalue weighted by molar-refractivity contribution is 6.30. The van der Waals surface area contributed by atoms with E-state index in [4.69, 9.17) is 21.1 Å². The van der Waals surface area contributed by atoms with Crippen molar-refractivity contribution in [1.82, 2.24) is 14.7 Å². The van der Waals surface area contributed by atoms with Gasteiger partial charge in [0.1, 0.15) is 18.0 Å². The molecule has 10 heteroatoms. The van der Waals surface area contributed by atoms with Crippen LogP contribution in [0.1, 0.15) is 25.8 Å². The van der Waals surface area contributed by atoms with Gasteiger partial charge in [-0.05, 0) is 50.7 Å². The maximum absolute atomic E-state index is 13.2. The molecule has 1 amide bonds. The Morgan fingerprint density at radius 3 is 2.46 bits per heavy atom. The molecule has 2 aromatic rings. The molecule has 2 aromatic carbocycles. The smallest absolute Gasteiger partial charge is 0.321 e. The van der Waals surface area contributed by atoms with E-state index in [0.717, 1.165) is 5.56 Å². The number of piperazine rings is 1. The summed E-state index contributed by atoms with van der Waals surface area (Å²) in [5.74, 6) is -0.504. The molecule has 4 unspecified atom stereocenters. The normalized spacial score (nSPS) is 24.7. The number of carbonyl (C=O) groups excluding carboxylic acids is 1. The van der Waals surface area contributed by atoms with E-state index in [9.17, 15) is 19.1 Å². The van der Waals surface area contributed by atoms with Gasteiger partial charge >= 0.3 is 5.97 Å². The van der Waals surface area contributed by atoms with E-state index >= 15 is 0 Å². The van der Waals surface area contributed by atoms with Gasteiger partial charge in [-0.1, -0.05) is 23.7 Å². The molecule has 200 valence electrons. The molecule has 2 fully saturated rings. The molecule has 0 bridgehead atoms. The second kappa shape index (κ2) is 11.7. The number of rotatable bonds is 8. The Balaban J connectivity index is 1.35. The molecule has 37 heavy (non-hydrogen) atoms. The molecule has 0 spiro atoms. The van der Waals surface area contributed by atoms with E-state index < -0.39 is 12.0 Å².